The molecule has 0 saturated heterocycles. The SMILES string of the molecule is C[C@@H](C[C@H](O[Si](C)(C)C(C)(C)C)[C@H](CCCCC[C@H](CCC[C@H](/C=C/C[C@H](/C=C/C[C@@H](CO[Si](c1ccccc1)(c1ccccc1)C(C)(C)C)O[Si](C)(C)C(C)(C)C)O[Si](C)(C)C(C)(C)C)O[Si](C)(C)C(C)(C)C)O[Si](C)(C)C(C)(C)C)O[Si](C)(C)C(C)(C)C)[C@@H](OCOCC[Si](C)(C)C)[C@H](O)CSc1ccccc1. The molecule has 0 saturated carbocycles. The minimum atomic E-state index is -2.85. The third-order valence-corrected chi connectivity index (χ3v) is 60.8. The quantitative estimate of drug-likeness (QED) is 0.0192. The van der Waals surface area contributed by atoms with Gasteiger partial charge in [-0.3, -0.25) is 0 Å². The highest BCUT2D eigenvalue weighted by Crippen LogP contribution is 2.46. The van der Waals surface area contributed by atoms with E-state index in [4.69, 9.17) is 40.5 Å². The zero-order valence-electron chi connectivity index (χ0n) is 78.0. The Bertz CT molecular complexity index is 3090. The molecule has 634 valence electrons. The van der Waals surface area contributed by atoms with Crippen LogP contribution in [-0.4, -0.2) is 146 Å². The molecule has 0 amide bonds. The lowest BCUT2D eigenvalue weighted by atomic mass is 9.91. The van der Waals surface area contributed by atoms with Gasteiger partial charge in [-0.15, -0.1) is 11.8 Å². The lowest BCUT2D eigenvalue weighted by Gasteiger charge is -2.46. The van der Waals surface area contributed by atoms with Crippen LogP contribution in [0.25, 0.3) is 0 Å². The average molecular weight is 1680 g/mol. The summed E-state index contributed by atoms with van der Waals surface area (Å²) in [5.74, 6) is 0.464. The summed E-state index contributed by atoms with van der Waals surface area (Å²) in [6.07, 6.45) is 17.9. The highest BCUT2D eigenvalue weighted by Gasteiger charge is 2.52. The minimum absolute atomic E-state index is 0.00288. The van der Waals surface area contributed by atoms with Gasteiger partial charge in [0.1, 0.15) is 6.79 Å². The first-order valence-corrected chi connectivity index (χ1v) is 66.7. The molecule has 0 unspecified atom stereocenters. The van der Waals surface area contributed by atoms with Crippen LogP contribution >= 0.6 is 11.8 Å². The summed E-state index contributed by atoms with van der Waals surface area (Å²) in [4.78, 5) is 1.13. The second-order valence-corrected chi connectivity index (χ2v) is 83.5. The zero-order chi connectivity index (χ0) is 84.2. The molecule has 19 heteroatoms. The van der Waals surface area contributed by atoms with Crippen molar-refractivity contribution >= 4 is 88.4 Å². The molecule has 0 aliphatic rings. The molecule has 0 aromatic heterocycles. The summed E-state index contributed by atoms with van der Waals surface area (Å²) < 4.78 is 65.9. The number of aliphatic hydroxyl groups is 1. The van der Waals surface area contributed by atoms with E-state index in [2.05, 4.69) is 360 Å². The smallest absolute Gasteiger partial charge is 0.261 e. The lowest BCUT2D eigenvalue weighted by Crippen LogP contribution is -2.67. The molecule has 1 N–H and O–H groups in total. The van der Waals surface area contributed by atoms with E-state index in [-0.39, 0.29) is 84.6 Å². The number of benzene rings is 3. The molecular weight excluding hydrogens is 1510 g/mol. The molecule has 0 spiro atoms. The summed E-state index contributed by atoms with van der Waals surface area (Å²) in [5, 5.41) is 14.8. The Morgan fingerprint density at radius 3 is 1.25 bits per heavy atom. The first-order valence-electron chi connectivity index (χ1n) is 42.6. The third-order valence-electron chi connectivity index (χ3n) is 25.9. The van der Waals surface area contributed by atoms with E-state index < -0.39 is 78.5 Å². The van der Waals surface area contributed by atoms with Gasteiger partial charge in [0, 0.05) is 31.4 Å². The molecule has 3 rings (SSSR count). The Labute approximate surface area is 692 Å². The Balaban J connectivity index is 2.06. The lowest BCUT2D eigenvalue weighted by molar-refractivity contribution is -0.140. The van der Waals surface area contributed by atoms with E-state index in [1.165, 1.54) is 10.4 Å². The largest absolute Gasteiger partial charge is 0.414 e. The average Bonchev–Trinajstić information content (AvgIpc) is 0.745. The standard InChI is InChI=1S/C91H172O10SSi8/c1-73(84(94-72-93-67-68-103(23,24)25)81(92)71-102-78-60-43-39-44-61-78)69-83(101-109(36,37)90(17,18)19)82(100-108(34,35)89(14,15)16)66-49-38-42-53-74(96-104(26,27)85(2,3)4)54-50-55-75(97-105(28,29)86(5,6)7)56-51-57-76(98-106(30,31)87(8,9)10)58-52-59-77(99-107(32,33)88(11,12)13)70-95-110(91(20,21)22,79-62-45-40-46-63-79)80-64-47-41-48-65-80/h39-41,43-48,51-52,56,58,60-65,73-77,81-84,92H,38,42,49-50,53-55,57,59,66-72H2,1-37H3/b56-51+,58-52+/t73-,74+,75+,76+,77-,81+,82-,83-,84+/m0/s1. The molecule has 110 heavy (non-hydrogen) atoms. The Hall–Kier alpha value is -1.17. The fraction of sp³-hybridized carbons (Fsp3) is 0.758. The fourth-order valence-corrected chi connectivity index (χ4v) is 26.8. The second-order valence-electron chi connectivity index (χ2n) is 43.9. The summed E-state index contributed by atoms with van der Waals surface area (Å²) in [5.41, 5.74) is 0. The van der Waals surface area contributed by atoms with Gasteiger partial charge in [-0.2, -0.15) is 0 Å². The van der Waals surface area contributed by atoms with Gasteiger partial charge in [0.15, 0.2) is 49.9 Å². The summed E-state index contributed by atoms with van der Waals surface area (Å²) in [7, 11) is -17.7. The van der Waals surface area contributed by atoms with Gasteiger partial charge >= 0.3 is 0 Å². The number of unbranched alkanes of at least 4 members (excludes halogenated alkanes) is 2. The van der Waals surface area contributed by atoms with E-state index in [0.29, 0.717) is 31.8 Å². The van der Waals surface area contributed by atoms with Gasteiger partial charge in [-0.25, -0.2) is 0 Å². The van der Waals surface area contributed by atoms with Crippen molar-refractivity contribution in [2.24, 2.45) is 5.92 Å². The highest BCUT2D eigenvalue weighted by atomic mass is 32.2. The van der Waals surface area contributed by atoms with Crippen molar-refractivity contribution in [3.05, 3.63) is 115 Å². The van der Waals surface area contributed by atoms with Crippen molar-refractivity contribution in [2.75, 3.05) is 25.8 Å². The predicted molar refractivity (Wildman–Crippen MR) is 501 cm³/mol. The monoisotopic (exact) mass is 1680 g/mol. The van der Waals surface area contributed by atoms with Gasteiger partial charge in [-0.05, 0) is 200 Å². The number of hydrogen-bond donors (Lipinski definition) is 1. The summed E-state index contributed by atoms with van der Waals surface area (Å²) >= 11 is 1.68. The maximum absolute atomic E-state index is 12.2. The van der Waals surface area contributed by atoms with Gasteiger partial charge < -0.3 is 45.6 Å². The number of thioether (sulfide) groups is 1. The van der Waals surface area contributed by atoms with E-state index in [1.54, 1.807) is 11.8 Å². The van der Waals surface area contributed by atoms with E-state index in [1.807, 2.05) is 6.07 Å². The number of aliphatic hydroxyl groups excluding tert-OH is 1. The van der Waals surface area contributed by atoms with Gasteiger partial charge in [0.05, 0.1) is 49.3 Å². The molecule has 0 bridgehead atoms. The fourth-order valence-electron chi connectivity index (χ4n) is 12.5. The van der Waals surface area contributed by atoms with Crippen LogP contribution in [0.3, 0.4) is 0 Å². The second kappa shape index (κ2) is 42.7. The van der Waals surface area contributed by atoms with Crippen LogP contribution in [0.15, 0.2) is 120 Å². The van der Waals surface area contributed by atoms with Crippen LogP contribution < -0.4 is 10.4 Å². The molecule has 0 heterocycles. The van der Waals surface area contributed by atoms with Crippen LogP contribution in [0, 0.1) is 5.92 Å². The van der Waals surface area contributed by atoms with Gasteiger partial charge in [-0.1, -0.05) is 294 Å². The van der Waals surface area contributed by atoms with Crippen LogP contribution in [0.5, 0.6) is 0 Å². The Kier molecular flexibility index (Phi) is 40.0. The van der Waals surface area contributed by atoms with Crippen LogP contribution in [-0.2, 0) is 40.5 Å². The van der Waals surface area contributed by atoms with Crippen LogP contribution in [0.1, 0.15) is 223 Å². The molecule has 0 aliphatic heterocycles. The van der Waals surface area contributed by atoms with Gasteiger partial charge in [0.25, 0.3) is 8.32 Å². The maximum atomic E-state index is 12.2. The van der Waals surface area contributed by atoms with Crippen molar-refractivity contribution in [1.82, 2.24) is 0 Å². The van der Waals surface area contributed by atoms with Crippen molar-refractivity contribution in [2.45, 2.75) is 416 Å². The highest BCUT2D eigenvalue weighted by molar-refractivity contribution is 7.99. The van der Waals surface area contributed by atoms with Crippen LogP contribution in [0.4, 0.5) is 0 Å². The van der Waals surface area contributed by atoms with Crippen molar-refractivity contribution in [3.63, 3.8) is 0 Å². The molecule has 3 aromatic rings. The number of rotatable bonds is 47. The minimum Gasteiger partial charge on any atom is -0.414 e. The van der Waals surface area contributed by atoms with E-state index >= 15 is 0 Å². The predicted octanol–water partition coefficient (Wildman–Crippen LogP) is 26.8. The Morgan fingerprint density at radius 1 is 0.409 bits per heavy atom. The zero-order valence-corrected chi connectivity index (χ0v) is 86.8. The molecule has 0 fully saturated rings. The first-order chi connectivity index (χ1) is 49.9. The first kappa shape index (κ1) is 103. The normalized spacial score (nSPS) is 17.0. The number of hydrogen-bond acceptors (Lipinski definition) is 11. The molecule has 0 aliphatic carbocycles. The van der Waals surface area contributed by atoms with E-state index in [0.717, 1.165) is 68.7 Å². The van der Waals surface area contributed by atoms with Crippen molar-refractivity contribution in [1.29, 1.82) is 0 Å². The molecule has 10 nitrogen and oxygen atoms in total. The molecule has 9 atom stereocenters. The number of ether oxygens (including phenoxy) is 2. The van der Waals surface area contributed by atoms with Crippen LogP contribution in [0.2, 0.25) is 140 Å². The van der Waals surface area contributed by atoms with E-state index in [9.17, 15) is 5.11 Å². The van der Waals surface area contributed by atoms with Crippen molar-refractivity contribution in [3.8, 4) is 0 Å². The molecular formula is C91H172O10SSi8. The van der Waals surface area contributed by atoms with Crippen molar-refractivity contribution < 1.29 is 45.6 Å². The Morgan fingerprint density at radius 2 is 0.800 bits per heavy atom. The maximum Gasteiger partial charge on any atom is 0.261 e. The van der Waals surface area contributed by atoms with Gasteiger partial charge in [0.2, 0.25) is 0 Å². The summed E-state index contributed by atoms with van der Waals surface area (Å²) in [6, 6.07) is 33.5. The molecule has 0 radical (unpaired) electrons. The third kappa shape index (κ3) is 33.2. The topological polar surface area (TPSA) is 103 Å². The molecule has 3 aromatic carbocycles. The summed E-state index contributed by atoms with van der Waals surface area (Å²) in [6.45, 7) is 88.9.